The van der Waals surface area contributed by atoms with Crippen molar-refractivity contribution in [2.24, 2.45) is 0 Å². The van der Waals surface area contributed by atoms with Crippen LogP contribution in [0.2, 0.25) is 0 Å². The molecule has 0 saturated carbocycles. The summed E-state index contributed by atoms with van der Waals surface area (Å²) in [5.41, 5.74) is 0.288. The van der Waals surface area contributed by atoms with Gasteiger partial charge in [0.1, 0.15) is 5.60 Å². The fraction of sp³-hybridized carbons (Fsp3) is 0.500. The predicted octanol–water partition coefficient (Wildman–Crippen LogP) is 1.99. The van der Waals surface area contributed by atoms with Crippen LogP contribution in [0.5, 0.6) is 0 Å². The van der Waals surface area contributed by atoms with Crippen LogP contribution in [-0.2, 0) is 16.0 Å². The van der Waals surface area contributed by atoms with Crippen LogP contribution in [0.3, 0.4) is 0 Å². The Hall–Kier alpha value is -2.11. The van der Waals surface area contributed by atoms with E-state index in [1.54, 1.807) is 45.3 Å². The summed E-state index contributed by atoms with van der Waals surface area (Å²) in [5, 5.41) is 11.5. The number of pyridine rings is 1. The second-order valence-corrected chi connectivity index (χ2v) is 5.50. The van der Waals surface area contributed by atoms with Crippen LogP contribution < -0.4 is 5.32 Å². The van der Waals surface area contributed by atoms with Gasteiger partial charge in [0, 0.05) is 18.4 Å². The normalized spacial score (nSPS) is 12.6. The quantitative estimate of drug-likeness (QED) is 0.861. The van der Waals surface area contributed by atoms with Gasteiger partial charge in [0.25, 0.3) is 0 Å². The highest BCUT2D eigenvalue weighted by atomic mass is 16.6. The number of carboxylic acids is 1. The summed E-state index contributed by atoms with van der Waals surface area (Å²) in [7, 11) is 0. The van der Waals surface area contributed by atoms with Crippen LogP contribution in [0.25, 0.3) is 0 Å². The van der Waals surface area contributed by atoms with Crippen molar-refractivity contribution in [3.8, 4) is 0 Å². The second-order valence-electron chi connectivity index (χ2n) is 5.50. The van der Waals surface area contributed by atoms with E-state index in [0.717, 1.165) is 5.56 Å². The van der Waals surface area contributed by atoms with E-state index in [2.05, 4.69) is 10.3 Å². The van der Waals surface area contributed by atoms with E-state index in [0.29, 0.717) is 6.42 Å². The molecule has 1 amide bonds. The fourth-order valence-corrected chi connectivity index (χ4v) is 1.66. The zero-order chi connectivity index (χ0) is 15.2. The van der Waals surface area contributed by atoms with Gasteiger partial charge >= 0.3 is 12.1 Å². The summed E-state index contributed by atoms with van der Waals surface area (Å²) in [4.78, 5) is 26.5. The Bertz CT molecular complexity index is 454. The molecule has 1 heterocycles. The summed E-state index contributed by atoms with van der Waals surface area (Å²) in [5.74, 6) is -0.972. The molecular weight excluding hydrogens is 260 g/mol. The SMILES string of the molecule is CC(C)(C)OC(=O)N[C@H](CC(=O)O)Cc1ccncc1. The van der Waals surface area contributed by atoms with Gasteiger partial charge in [-0.3, -0.25) is 9.78 Å². The molecule has 6 nitrogen and oxygen atoms in total. The Balaban J connectivity index is 2.65. The number of hydrogen-bond donors (Lipinski definition) is 2. The van der Waals surface area contributed by atoms with Crippen LogP contribution in [-0.4, -0.2) is 33.8 Å². The lowest BCUT2D eigenvalue weighted by atomic mass is 10.0. The highest BCUT2D eigenvalue weighted by Crippen LogP contribution is 2.09. The van der Waals surface area contributed by atoms with E-state index in [1.165, 1.54) is 0 Å². The molecule has 20 heavy (non-hydrogen) atoms. The van der Waals surface area contributed by atoms with Crippen molar-refractivity contribution in [2.75, 3.05) is 0 Å². The molecular formula is C14H20N2O4. The molecule has 0 spiro atoms. The summed E-state index contributed by atoms with van der Waals surface area (Å²) in [6, 6.07) is 3.04. The van der Waals surface area contributed by atoms with Gasteiger partial charge in [-0.25, -0.2) is 4.79 Å². The smallest absolute Gasteiger partial charge is 0.407 e. The van der Waals surface area contributed by atoms with Crippen molar-refractivity contribution in [1.29, 1.82) is 0 Å². The zero-order valence-electron chi connectivity index (χ0n) is 11.9. The number of carbonyl (C=O) groups is 2. The highest BCUT2D eigenvalue weighted by molar-refractivity contribution is 5.71. The minimum atomic E-state index is -0.972. The van der Waals surface area contributed by atoms with Crippen molar-refractivity contribution in [1.82, 2.24) is 10.3 Å². The molecule has 0 aliphatic rings. The van der Waals surface area contributed by atoms with Crippen LogP contribution in [0, 0.1) is 0 Å². The van der Waals surface area contributed by atoms with Gasteiger partial charge in [0.2, 0.25) is 0 Å². The summed E-state index contributed by atoms with van der Waals surface area (Å²) >= 11 is 0. The number of amides is 1. The molecule has 1 rings (SSSR count). The number of ether oxygens (including phenoxy) is 1. The maximum atomic E-state index is 11.7. The van der Waals surface area contributed by atoms with Gasteiger partial charge in [-0.2, -0.15) is 0 Å². The van der Waals surface area contributed by atoms with Gasteiger partial charge in [0.05, 0.1) is 6.42 Å². The number of aromatic nitrogens is 1. The molecule has 0 aliphatic heterocycles. The first-order chi connectivity index (χ1) is 9.26. The molecule has 0 unspecified atom stereocenters. The standard InChI is InChI=1S/C14H20N2O4/c1-14(2,3)20-13(19)16-11(9-12(17)18)8-10-4-6-15-7-5-10/h4-7,11H,8-9H2,1-3H3,(H,16,19)(H,17,18)/t11-/m0/s1. The number of aliphatic carboxylic acids is 1. The zero-order valence-corrected chi connectivity index (χ0v) is 11.9. The summed E-state index contributed by atoms with van der Waals surface area (Å²) in [6.45, 7) is 5.25. The number of alkyl carbamates (subject to hydrolysis) is 1. The van der Waals surface area contributed by atoms with Crippen LogP contribution in [0.1, 0.15) is 32.8 Å². The van der Waals surface area contributed by atoms with Gasteiger partial charge in [0.15, 0.2) is 0 Å². The molecule has 0 bridgehead atoms. The van der Waals surface area contributed by atoms with Gasteiger partial charge in [-0.05, 0) is 44.9 Å². The first-order valence-corrected chi connectivity index (χ1v) is 6.36. The predicted molar refractivity (Wildman–Crippen MR) is 73.4 cm³/mol. The number of nitrogens with zero attached hydrogens (tertiary/aromatic N) is 1. The topological polar surface area (TPSA) is 88.5 Å². The molecule has 2 N–H and O–H groups in total. The molecule has 0 saturated heterocycles. The average Bonchev–Trinajstić information content (AvgIpc) is 2.26. The largest absolute Gasteiger partial charge is 0.481 e. The van der Waals surface area contributed by atoms with Crippen molar-refractivity contribution >= 4 is 12.1 Å². The average molecular weight is 280 g/mol. The molecule has 1 aromatic rings. The third kappa shape index (κ3) is 6.72. The molecule has 0 aliphatic carbocycles. The van der Waals surface area contributed by atoms with E-state index in [4.69, 9.17) is 9.84 Å². The molecule has 6 heteroatoms. The maximum Gasteiger partial charge on any atom is 0.407 e. The summed E-state index contributed by atoms with van der Waals surface area (Å²) in [6.07, 6.45) is 2.88. The minimum Gasteiger partial charge on any atom is -0.481 e. The Morgan fingerprint density at radius 1 is 1.35 bits per heavy atom. The first-order valence-electron chi connectivity index (χ1n) is 6.36. The van der Waals surface area contributed by atoms with Crippen LogP contribution in [0.4, 0.5) is 4.79 Å². The Morgan fingerprint density at radius 3 is 2.45 bits per heavy atom. The Labute approximate surface area is 118 Å². The van der Waals surface area contributed by atoms with Gasteiger partial charge < -0.3 is 15.2 Å². The Kier molecular flexibility index (Phi) is 5.49. The molecule has 0 radical (unpaired) electrons. The molecule has 0 fully saturated rings. The van der Waals surface area contributed by atoms with Crippen molar-refractivity contribution in [3.05, 3.63) is 30.1 Å². The second kappa shape index (κ2) is 6.88. The fourth-order valence-electron chi connectivity index (χ4n) is 1.66. The van der Waals surface area contributed by atoms with E-state index in [1.807, 2.05) is 0 Å². The third-order valence-corrected chi connectivity index (χ3v) is 2.37. The lowest BCUT2D eigenvalue weighted by Gasteiger charge is -2.23. The van der Waals surface area contributed by atoms with Crippen molar-refractivity contribution in [2.45, 2.75) is 45.3 Å². The van der Waals surface area contributed by atoms with Crippen molar-refractivity contribution in [3.63, 3.8) is 0 Å². The number of hydrogen-bond acceptors (Lipinski definition) is 4. The number of carbonyl (C=O) groups excluding carboxylic acids is 1. The van der Waals surface area contributed by atoms with E-state index in [-0.39, 0.29) is 6.42 Å². The Morgan fingerprint density at radius 2 is 1.95 bits per heavy atom. The molecule has 110 valence electrons. The molecule has 1 aromatic heterocycles. The minimum absolute atomic E-state index is 0.165. The lowest BCUT2D eigenvalue weighted by Crippen LogP contribution is -2.41. The van der Waals surface area contributed by atoms with Gasteiger partial charge in [-0.15, -0.1) is 0 Å². The van der Waals surface area contributed by atoms with E-state index >= 15 is 0 Å². The number of nitrogens with one attached hydrogen (secondary N) is 1. The number of rotatable bonds is 5. The van der Waals surface area contributed by atoms with Crippen LogP contribution >= 0.6 is 0 Å². The lowest BCUT2D eigenvalue weighted by molar-refractivity contribution is -0.137. The number of carboxylic acid groups (broad SMARTS) is 1. The van der Waals surface area contributed by atoms with Gasteiger partial charge in [-0.1, -0.05) is 0 Å². The molecule has 1 atom stereocenters. The monoisotopic (exact) mass is 280 g/mol. The van der Waals surface area contributed by atoms with Crippen molar-refractivity contribution < 1.29 is 19.4 Å². The highest BCUT2D eigenvalue weighted by Gasteiger charge is 2.21. The maximum absolute atomic E-state index is 11.7. The summed E-state index contributed by atoms with van der Waals surface area (Å²) < 4.78 is 5.13. The van der Waals surface area contributed by atoms with E-state index in [9.17, 15) is 9.59 Å². The van der Waals surface area contributed by atoms with E-state index < -0.39 is 23.7 Å². The van der Waals surface area contributed by atoms with Crippen LogP contribution in [0.15, 0.2) is 24.5 Å². The molecule has 0 aromatic carbocycles. The third-order valence-electron chi connectivity index (χ3n) is 2.37. The first kappa shape index (κ1) is 15.9.